The van der Waals surface area contributed by atoms with Crippen LogP contribution in [-0.2, 0) is 25.7 Å². The number of ether oxygens (including phenoxy) is 1. The Labute approximate surface area is 167 Å². The Hall–Kier alpha value is -2.59. The summed E-state index contributed by atoms with van der Waals surface area (Å²) in [7, 11) is -2.76. The summed E-state index contributed by atoms with van der Waals surface area (Å²) < 4.78 is 70.9. The summed E-state index contributed by atoms with van der Waals surface area (Å²) in [6.07, 6.45) is -4.14. The van der Waals surface area contributed by atoms with Gasteiger partial charge in [-0.25, -0.2) is 8.42 Å². The summed E-state index contributed by atoms with van der Waals surface area (Å²) in [6, 6.07) is 11.1. The van der Waals surface area contributed by atoms with Gasteiger partial charge in [0.2, 0.25) is 5.91 Å². The van der Waals surface area contributed by atoms with E-state index < -0.39 is 34.2 Å². The van der Waals surface area contributed by atoms with Gasteiger partial charge < -0.3 is 10.1 Å². The van der Waals surface area contributed by atoms with Crippen molar-refractivity contribution in [3.63, 3.8) is 0 Å². The summed E-state index contributed by atoms with van der Waals surface area (Å²) in [5.41, 5.74) is -1.26. The number of methoxy groups -OCH3 is 1. The lowest BCUT2D eigenvalue weighted by Gasteiger charge is -2.25. The number of carbonyl (C=O) groups is 1. The van der Waals surface area contributed by atoms with E-state index in [2.05, 4.69) is 5.32 Å². The van der Waals surface area contributed by atoms with Crippen molar-refractivity contribution in [2.24, 2.45) is 0 Å². The molecule has 2 rings (SSSR count). The lowest BCUT2D eigenvalue weighted by Crippen LogP contribution is -2.41. The quantitative estimate of drug-likeness (QED) is 0.621. The summed E-state index contributed by atoms with van der Waals surface area (Å²) >= 11 is 0. The molecule has 0 aromatic heterocycles. The fourth-order valence-corrected chi connectivity index (χ4v) is 3.94. The van der Waals surface area contributed by atoms with Crippen LogP contribution < -0.4 is 9.62 Å². The smallest absolute Gasteiger partial charge is 0.385 e. The lowest BCUT2D eigenvalue weighted by molar-refractivity contribution is -0.137. The van der Waals surface area contributed by atoms with Crippen LogP contribution in [0.2, 0.25) is 0 Å². The molecule has 0 aliphatic heterocycles. The molecule has 0 radical (unpaired) electrons. The van der Waals surface area contributed by atoms with Gasteiger partial charge in [-0.05, 0) is 36.8 Å². The van der Waals surface area contributed by atoms with Crippen molar-refractivity contribution >= 4 is 21.6 Å². The van der Waals surface area contributed by atoms with E-state index in [9.17, 15) is 26.4 Å². The molecular weight excluding hydrogens is 409 g/mol. The van der Waals surface area contributed by atoms with Gasteiger partial charge in [0.25, 0.3) is 10.0 Å². The molecule has 158 valence electrons. The van der Waals surface area contributed by atoms with Crippen LogP contribution in [0.1, 0.15) is 12.0 Å². The molecule has 2 aromatic rings. The number of halogens is 3. The molecule has 0 unspecified atom stereocenters. The van der Waals surface area contributed by atoms with Crippen LogP contribution in [0.5, 0.6) is 0 Å². The second-order valence-electron chi connectivity index (χ2n) is 6.07. The fraction of sp³-hybridized carbons (Fsp3) is 0.316. The van der Waals surface area contributed by atoms with E-state index in [1.54, 1.807) is 6.07 Å². The first-order valence-corrected chi connectivity index (χ1v) is 10.1. The SMILES string of the molecule is COCCCNC(=O)CN(c1cccc(C(F)(F)F)c1)S(=O)(=O)c1ccccc1. The number of hydrogen-bond donors (Lipinski definition) is 1. The largest absolute Gasteiger partial charge is 0.416 e. The third-order valence-electron chi connectivity index (χ3n) is 3.93. The van der Waals surface area contributed by atoms with Gasteiger partial charge in [-0.1, -0.05) is 24.3 Å². The Morgan fingerprint density at radius 2 is 1.79 bits per heavy atom. The van der Waals surface area contributed by atoms with Crippen molar-refractivity contribution in [2.45, 2.75) is 17.5 Å². The second kappa shape index (κ2) is 9.75. The number of anilines is 1. The van der Waals surface area contributed by atoms with Crippen LogP contribution in [0.25, 0.3) is 0 Å². The summed E-state index contributed by atoms with van der Waals surface area (Å²) in [4.78, 5) is 12.1. The molecule has 0 atom stereocenters. The van der Waals surface area contributed by atoms with Crippen LogP contribution in [0.3, 0.4) is 0 Å². The van der Waals surface area contributed by atoms with Gasteiger partial charge in [0.05, 0.1) is 16.1 Å². The number of nitrogens with one attached hydrogen (secondary N) is 1. The zero-order chi connectivity index (χ0) is 21.5. The van der Waals surface area contributed by atoms with Gasteiger partial charge in [-0.15, -0.1) is 0 Å². The highest BCUT2D eigenvalue weighted by molar-refractivity contribution is 7.92. The maximum absolute atomic E-state index is 13.1. The zero-order valence-corrected chi connectivity index (χ0v) is 16.5. The molecule has 0 fully saturated rings. The van der Waals surface area contributed by atoms with Crippen molar-refractivity contribution in [2.75, 3.05) is 31.1 Å². The number of rotatable bonds is 9. The summed E-state index contributed by atoms with van der Waals surface area (Å²) in [6.45, 7) is -0.0139. The minimum atomic E-state index is -4.65. The molecule has 1 N–H and O–H groups in total. The minimum absolute atomic E-state index is 0.135. The molecule has 29 heavy (non-hydrogen) atoms. The van der Waals surface area contributed by atoms with Gasteiger partial charge in [0, 0.05) is 20.3 Å². The number of sulfonamides is 1. The average molecular weight is 430 g/mol. The molecule has 0 saturated heterocycles. The van der Waals surface area contributed by atoms with Crippen molar-refractivity contribution in [1.82, 2.24) is 5.32 Å². The number of nitrogens with zero attached hydrogens (tertiary/aromatic N) is 1. The highest BCUT2D eigenvalue weighted by atomic mass is 32.2. The molecule has 10 heteroatoms. The summed E-state index contributed by atoms with van der Waals surface area (Å²) in [5, 5.41) is 2.54. The van der Waals surface area contributed by atoms with E-state index in [0.29, 0.717) is 23.4 Å². The molecule has 0 saturated carbocycles. The Morgan fingerprint density at radius 3 is 2.41 bits per heavy atom. The van der Waals surface area contributed by atoms with Gasteiger partial charge in [0.15, 0.2) is 0 Å². The molecule has 0 aliphatic carbocycles. The third-order valence-corrected chi connectivity index (χ3v) is 5.72. The normalized spacial score (nSPS) is 11.9. The Kier molecular flexibility index (Phi) is 7.63. The maximum atomic E-state index is 13.1. The first kappa shape index (κ1) is 22.7. The van der Waals surface area contributed by atoms with Gasteiger partial charge in [0.1, 0.15) is 6.54 Å². The van der Waals surface area contributed by atoms with E-state index >= 15 is 0 Å². The predicted octanol–water partition coefficient (Wildman–Crippen LogP) is 3.05. The molecule has 6 nitrogen and oxygen atoms in total. The zero-order valence-electron chi connectivity index (χ0n) is 15.6. The Bertz CT molecular complexity index is 919. The standard InChI is InChI=1S/C19H21F3N2O4S/c1-28-12-6-11-23-18(25)14-24(29(26,27)17-9-3-2-4-10-17)16-8-5-7-15(13-16)19(20,21)22/h2-5,7-10,13H,6,11-12,14H2,1H3,(H,23,25). The highest BCUT2D eigenvalue weighted by Crippen LogP contribution is 2.33. The number of alkyl halides is 3. The van der Waals surface area contributed by atoms with Crippen molar-refractivity contribution in [1.29, 1.82) is 0 Å². The van der Waals surface area contributed by atoms with Crippen LogP contribution in [-0.4, -0.2) is 41.1 Å². The minimum Gasteiger partial charge on any atom is -0.385 e. The van der Waals surface area contributed by atoms with E-state index in [1.807, 2.05) is 0 Å². The highest BCUT2D eigenvalue weighted by Gasteiger charge is 2.33. The van der Waals surface area contributed by atoms with E-state index in [-0.39, 0.29) is 17.1 Å². The van der Waals surface area contributed by atoms with E-state index in [0.717, 1.165) is 12.1 Å². The fourth-order valence-electron chi connectivity index (χ4n) is 2.50. The lowest BCUT2D eigenvalue weighted by atomic mass is 10.2. The topological polar surface area (TPSA) is 75.7 Å². The van der Waals surface area contributed by atoms with Gasteiger partial charge >= 0.3 is 6.18 Å². The van der Waals surface area contributed by atoms with Crippen molar-refractivity contribution < 1.29 is 31.1 Å². The monoisotopic (exact) mass is 430 g/mol. The maximum Gasteiger partial charge on any atom is 0.416 e. The van der Waals surface area contributed by atoms with Crippen LogP contribution in [0, 0.1) is 0 Å². The molecule has 1 amide bonds. The van der Waals surface area contributed by atoms with Crippen LogP contribution in [0.15, 0.2) is 59.5 Å². The van der Waals surface area contributed by atoms with E-state index in [1.165, 1.54) is 37.4 Å². The number of carbonyl (C=O) groups excluding carboxylic acids is 1. The number of hydrogen-bond acceptors (Lipinski definition) is 4. The third kappa shape index (κ3) is 6.20. The van der Waals surface area contributed by atoms with Gasteiger partial charge in [-0.2, -0.15) is 13.2 Å². The molecule has 0 bridgehead atoms. The Morgan fingerprint density at radius 1 is 1.10 bits per heavy atom. The molecule has 0 spiro atoms. The predicted molar refractivity (Wildman–Crippen MR) is 102 cm³/mol. The Balaban J connectivity index is 2.38. The second-order valence-corrected chi connectivity index (χ2v) is 7.93. The number of amides is 1. The molecule has 0 aliphatic rings. The molecule has 0 heterocycles. The first-order chi connectivity index (χ1) is 13.7. The van der Waals surface area contributed by atoms with Crippen LogP contribution >= 0.6 is 0 Å². The first-order valence-electron chi connectivity index (χ1n) is 8.67. The van der Waals surface area contributed by atoms with Crippen LogP contribution in [0.4, 0.5) is 18.9 Å². The molecular formula is C19H21F3N2O4S. The van der Waals surface area contributed by atoms with Crippen molar-refractivity contribution in [3.05, 3.63) is 60.2 Å². The molecule has 2 aromatic carbocycles. The van der Waals surface area contributed by atoms with Gasteiger partial charge in [-0.3, -0.25) is 9.10 Å². The van der Waals surface area contributed by atoms with Crippen molar-refractivity contribution in [3.8, 4) is 0 Å². The number of benzene rings is 2. The average Bonchev–Trinajstić information content (AvgIpc) is 2.69. The van der Waals surface area contributed by atoms with E-state index in [4.69, 9.17) is 4.74 Å². The summed E-state index contributed by atoms with van der Waals surface area (Å²) in [5.74, 6) is -0.641.